The molecule has 0 spiro atoms. The second-order valence-corrected chi connectivity index (χ2v) is 9.29. The summed E-state index contributed by atoms with van der Waals surface area (Å²) in [5.41, 5.74) is 2.35. The molecular formula is C12H13F3Si. The number of alkyl halides is 3. The van der Waals surface area contributed by atoms with Crippen LogP contribution in [0.4, 0.5) is 13.2 Å². The van der Waals surface area contributed by atoms with Gasteiger partial charge in [0.1, 0.15) is 8.07 Å². The van der Waals surface area contributed by atoms with Crippen molar-refractivity contribution in [3.63, 3.8) is 0 Å². The largest absolute Gasteiger partial charge is 0.417 e. The van der Waals surface area contributed by atoms with E-state index in [1.165, 1.54) is 12.1 Å². The van der Waals surface area contributed by atoms with Crippen LogP contribution < -0.4 is 0 Å². The fraction of sp³-hybridized carbons (Fsp3) is 0.333. The Morgan fingerprint density at radius 1 is 1.06 bits per heavy atom. The fourth-order valence-corrected chi connectivity index (χ4v) is 1.60. The fourth-order valence-electron chi connectivity index (χ4n) is 1.09. The van der Waals surface area contributed by atoms with Gasteiger partial charge in [0.2, 0.25) is 0 Å². The second-order valence-electron chi connectivity index (χ2n) is 4.54. The summed E-state index contributed by atoms with van der Waals surface area (Å²) >= 11 is 0. The molecule has 0 saturated heterocycles. The van der Waals surface area contributed by atoms with Gasteiger partial charge in [-0.15, -0.1) is 5.54 Å². The third-order valence-corrected chi connectivity index (χ3v) is 2.68. The van der Waals surface area contributed by atoms with Crippen molar-refractivity contribution in [2.75, 3.05) is 0 Å². The number of rotatable bonds is 0. The number of hydrogen-bond acceptors (Lipinski definition) is 0. The van der Waals surface area contributed by atoms with E-state index in [-0.39, 0.29) is 5.56 Å². The topological polar surface area (TPSA) is 0 Å². The summed E-state index contributed by atoms with van der Waals surface area (Å²) in [6, 6.07) is 5.43. The van der Waals surface area contributed by atoms with E-state index in [9.17, 15) is 13.2 Å². The minimum atomic E-state index is -4.33. The van der Waals surface area contributed by atoms with Crippen molar-refractivity contribution in [1.29, 1.82) is 0 Å². The molecule has 4 heteroatoms. The molecule has 0 unspecified atom stereocenters. The maximum atomic E-state index is 12.6. The van der Waals surface area contributed by atoms with Crippen molar-refractivity contribution in [3.8, 4) is 11.5 Å². The molecule has 86 valence electrons. The molecule has 0 aliphatic carbocycles. The van der Waals surface area contributed by atoms with Crippen LogP contribution in [0.5, 0.6) is 0 Å². The number of halogens is 3. The Balaban J connectivity index is 3.19. The predicted molar refractivity (Wildman–Crippen MR) is 61.7 cm³/mol. The molecule has 0 amide bonds. The average Bonchev–Trinajstić information content (AvgIpc) is 2.12. The van der Waals surface area contributed by atoms with E-state index in [4.69, 9.17) is 0 Å². The van der Waals surface area contributed by atoms with Gasteiger partial charge in [-0.1, -0.05) is 37.7 Å². The van der Waals surface area contributed by atoms with Crippen molar-refractivity contribution >= 4 is 8.07 Å². The molecule has 0 aromatic heterocycles. The highest BCUT2D eigenvalue weighted by Gasteiger charge is 2.32. The van der Waals surface area contributed by atoms with Crippen LogP contribution in [0.2, 0.25) is 19.6 Å². The summed E-state index contributed by atoms with van der Waals surface area (Å²) in [5.74, 6) is 2.65. The lowest BCUT2D eigenvalue weighted by molar-refractivity contribution is -0.137. The quantitative estimate of drug-likeness (QED) is 0.477. The van der Waals surface area contributed by atoms with Crippen LogP contribution in [0.1, 0.15) is 11.1 Å². The lowest BCUT2D eigenvalue weighted by Gasteiger charge is -2.09. The minimum Gasteiger partial charge on any atom is -0.166 e. The Morgan fingerprint density at radius 3 is 2.12 bits per heavy atom. The first-order valence-electron chi connectivity index (χ1n) is 4.89. The zero-order valence-electron chi connectivity index (χ0n) is 9.44. The first kappa shape index (κ1) is 12.9. The Morgan fingerprint density at radius 2 is 1.62 bits per heavy atom. The summed E-state index contributed by atoms with van der Waals surface area (Å²) in [7, 11) is -1.65. The van der Waals surface area contributed by atoms with Gasteiger partial charge in [0.15, 0.2) is 0 Å². The summed E-state index contributed by atoms with van der Waals surface area (Å²) in [5, 5.41) is 0. The minimum absolute atomic E-state index is 0.0671. The molecule has 0 saturated carbocycles. The predicted octanol–water partition coefficient (Wildman–Crippen LogP) is 3.93. The van der Waals surface area contributed by atoms with E-state index >= 15 is 0 Å². The first-order valence-corrected chi connectivity index (χ1v) is 8.39. The van der Waals surface area contributed by atoms with Gasteiger partial charge in [-0.05, 0) is 12.1 Å². The summed E-state index contributed by atoms with van der Waals surface area (Å²) in [6.07, 6.45) is -4.33. The van der Waals surface area contributed by atoms with Gasteiger partial charge in [0.05, 0.1) is 5.56 Å². The lowest BCUT2D eigenvalue weighted by atomic mass is 10.1. The van der Waals surface area contributed by atoms with Gasteiger partial charge in [-0.3, -0.25) is 0 Å². The maximum Gasteiger partial charge on any atom is 0.417 e. The molecule has 0 bridgehead atoms. The van der Waals surface area contributed by atoms with Crippen LogP contribution in [0, 0.1) is 11.5 Å². The Kier molecular flexibility index (Phi) is 3.49. The van der Waals surface area contributed by atoms with Gasteiger partial charge < -0.3 is 0 Å². The second kappa shape index (κ2) is 4.34. The molecule has 1 rings (SSSR count). The van der Waals surface area contributed by atoms with Crippen molar-refractivity contribution < 1.29 is 13.2 Å². The molecule has 1 aromatic rings. The Bertz CT molecular complexity index is 430. The molecule has 0 aliphatic heterocycles. The molecular weight excluding hydrogens is 229 g/mol. The summed E-state index contributed by atoms with van der Waals surface area (Å²) in [4.78, 5) is 0. The SMILES string of the molecule is C[Si](C)(C)C#Cc1ccccc1C(F)(F)F. The van der Waals surface area contributed by atoms with Crippen LogP contribution in [0.15, 0.2) is 24.3 Å². The van der Waals surface area contributed by atoms with Crippen molar-refractivity contribution in [2.45, 2.75) is 25.8 Å². The highest BCUT2D eigenvalue weighted by Crippen LogP contribution is 2.31. The first-order chi connectivity index (χ1) is 7.20. The zero-order chi connectivity index (χ0) is 12.4. The van der Waals surface area contributed by atoms with Crippen molar-refractivity contribution in [3.05, 3.63) is 35.4 Å². The van der Waals surface area contributed by atoms with E-state index in [1.54, 1.807) is 6.07 Å². The van der Waals surface area contributed by atoms with Crippen molar-refractivity contribution in [1.82, 2.24) is 0 Å². The average molecular weight is 242 g/mol. The van der Waals surface area contributed by atoms with E-state index in [2.05, 4.69) is 11.5 Å². The molecule has 0 N–H and O–H groups in total. The third kappa shape index (κ3) is 3.74. The van der Waals surface area contributed by atoms with Crippen LogP contribution in [0.25, 0.3) is 0 Å². The van der Waals surface area contributed by atoms with Gasteiger partial charge in [-0.2, -0.15) is 13.2 Å². The Labute approximate surface area is 94.5 Å². The highest BCUT2D eigenvalue weighted by atomic mass is 28.3. The summed E-state index contributed by atoms with van der Waals surface area (Å²) < 4.78 is 37.8. The van der Waals surface area contributed by atoms with E-state index in [0.717, 1.165) is 6.07 Å². The molecule has 16 heavy (non-hydrogen) atoms. The normalized spacial score (nSPS) is 11.9. The van der Waals surface area contributed by atoms with E-state index < -0.39 is 19.8 Å². The standard InChI is InChI=1S/C12H13F3Si/c1-16(2,3)9-8-10-6-4-5-7-11(10)12(13,14)15/h4-7H,1-3H3. The van der Waals surface area contributed by atoms with Crippen LogP contribution in [0.3, 0.4) is 0 Å². The van der Waals surface area contributed by atoms with E-state index in [1.807, 2.05) is 19.6 Å². The molecule has 0 nitrogen and oxygen atoms in total. The van der Waals surface area contributed by atoms with Crippen molar-refractivity contribution in [2.24, 2.45) is 0 Å². The molecule has 0 radical (unpaired) electrons. The molecule has 0 atom stereocenters. The number of hydrogen-bond donors (Lipinski definition) is 0. The third-order valence-electron chi connectivity index (χ3n) is 1.80. The monoisotopic (exact) mass is 242 g/mol. The molecule has 1 aromatic carbocycles. The van der Waals surface area contributed by atoms with Gasteiger partial charge in [-0.25, -0.2) is 0 Å². The smallest absolute Gasteiger partial charge is 0.166 e. The maximum absolute atomic E-state index is 12.6. The molecule has 0 fully saturated rings. The van der Waals surface area contributed by atoms with E-state index in [0.29, 0.717) is 0 Å². The van der Waals surface area contributed by atoms with Crippen LogP contribution in [-0.2, 0) is 6.18 Å². The molecule has 0 heterocycles. The lowest BCUT2D eigenvalue weighted by Crippen LogP contribution is -2.16. The number of benzene rings is 1. The van der Waals surface area contributed by atoms with Gasteiger partial charge in [0, 0.05) is 5.56 Å². The Hall–Kier alpha value is -1.21. The van der Waals surface area contributed by atoms with Gasteiger partial charge in [0.25, 0.3) is 0 Å². The van der Waals surface area contributed by atoms with Crippen LogP contribution in [-0.4, -0.2) is 8.07 Å². The molecule has 0 aliphatic rings. The highest BCUT2D eigenvalue weighted by molar-refractivity contribution is 6.83. The van der Waals surface area contributed by atoms with Gasteiger partial charge >= 0.3 is 6.18 Å². The summed E-state index contributed by atoms with van der Waals surface area (Å²) in [6.45, 7) is 5.99. The zero-order valence-corrected chi connectivity index (χ0v) is 10.4. The van der Waals surface area contributed by atoms with Crippen LogP contribution >= 0.6 is 0 Å².